The molecule has 88 valence electrons. The molecule has 0 aromatic rings. The van der Waals surface area contributed by atoms with Crippen molar-refractivity contribution in [3.63, 3.8) is 0 Å². The van der Waals surface area contributed by atoms with E-state index in [0.717, 1.165) is 11.4 Å². The molecule has 1 aliphatic rings. The lowest BCUT2D eigenvalue weighted by atomic mass is 10.1. The third kappa shape index (κ3) is 2.67. The fourth-order valence-corrected chi connectivity index (χ4v) is 3.10. The predicted molar refractivity (Wildman–Crippen MR) is 52.6 cm³/mol. The quantitative estimate of drug-likeness (QED) is 0.633. The molecule has 1 fully saturated rings. The van der Waals surface area contributed by atoms with Gasteiger partial charge in [0.05, 0.1) is 19.4 Å². The molecule has 1 atom stereocenters. The van der Waals surface area contributed by atoms with E-state index in [0.29, 0.717) is 13.0 Å². The average molecular weight is 237 g/mol. The number of carbonyl (C=O) groups is 1. The van der Waals surface area contributed by atoms with E-state index in [2.05, 4.69) is 4.74 Å². The summed E-state index contributed by atoms with van der Waals surface area (Å²) in [7, 11) is -2.15. The van der Waals surface area contributed by atoms with Crippen LogP contribution in [0.4, 0.5) is 0 Å². The molecule has 1 unspecified atom stereocenters. The molecule has 0 saturated carbocycles. The number of β-amino-alcohol motifs (C(OH)–C–C–N with tert-alkyl or cyclic N) is 1. The zero-order chi connectivity index (χ0) is 11.7. The molecule has 1 N–H and O–H groups in total. The van der Waals surface area contributed by atoms with Crippen molar-refractivity contribution in [3.05, 3.63) is 0 Å². The number of sulfonamides is 1. The highest BCUT2D eigenvalue weighted by Crippen LogP contribution is 2.18. The Morgan fingerprint density at radius 2 is 2.20 bits per heavy atom. The monoisotopic (exact) mass is 237 g/mol. The standard InChI is InChI=1S/C8H15NO5S/c1-8(11,7(10)14-2)6-9-4-3-5-15(9,12)13/h11H,3-6H2,1-2H3. The van der Waals surface area contributed by atoms with Gasteiger partial charge in [0, 0.05) is 6.54 Å². The minimum Gasteiger partial charge on any atom is -0.467 e. The Hall–Kier alpha value is -0.660. The Morgan fingerprint density at radius 3 is 2.60 bits per heavy atom. The van der Waals surface area contributed by atoms with Crippen molar-refractivity contribution in [1.29, 1.82) is 0 Å². The number of carbonyl (C=O) groups excluding carboxylic acids is 1. The third-order valence-corrected chi connectivity index (χ3v) is 4.22. The van der Waals surface area contributed by atoms with Crippen molar-refractivity contribution in [2.75, 3.05) is 26.0 Å². The lowest BCUT2D eigenvalue weighted by molar-refractivity contribution is -0.161. The highest BCUT2D eigenvalue weighted by atomic mass is 32.2. The maximum Gasteiger partial charge on any atom is 0.338 e. The summed E-state index contributed by atoms with van der Waals surface area (Å²) >= 11 is 0. The first-order valence-electron chi connectivity index (χ1n) is 4.58. The lowest BCUT2D eigenvalue weighted by Gasteiger charge is -2.25. The average Bonchev–Trinajstić information content (AvgIpc) is 2.44. The van der Waals surface area contributed by atoms with Gasteiger partial charge in [0.25, 0.3) is 0 Å². The van der Waals surface area contributed by atoms with Crippen LogP contribution in [0.5, 0.6) is 0 Å². The van der Waals surface area contributed by atoms with Gasteiger partial charge in [-0.3, -0.25) is 0 Å². The molecule has 0 aliphatic carbocycles. The molecule has 7 heteroatoms. The minimum absolute atomic E-state index is 0.0737. The van der Waals surface area contributed by atoms with Crippen molar-refractivity contribution in [2.45, 2.75) is 18.9 Å². The van der Waals surface area contributed by atoms with Crippen LogP contribution in [0.15, 0.2) is 0 Å². The summed E-state index contributed by atoms with van der Waals surface area (Å²) < 4.78 is 28.3. The summed E-state index contributed by atoms with van der Waals surface area (Å²) in [6, 6.07) is 0. The first kappa shape index (κ1) is 12.4. The lowest BCUT2D eigenvalue weighted by Crippen LogP contribution is -2.47. The number of aliphatic hydroxyl groups is 1. The van der Waals surface area contributed by atoms with E-state index < -0.39 is 21.6 Å². The van der Waals surface area contributed by atoms with Gasteiger partial charge in [-0.15, -0.1) is 0 Å². The molecule has 6 nitrogen and oxygen atoms in total. The van der Waals surface area contributed by atoms with Gasteiger partial charge >= 0.3 is 5.97 Å². The number of hydrogen-bond donors (Lipinski definition) is 1. The van der Waals surface area contributed by atoms with Crippen LogP contribution in [0.25, 0.3) is 0 Å². The summed E-state index contributed by atoms with van der Waals surface area (Å²) in [4.78, 5) is 11.1. The van der Waals surface area contributed by atoms with Crippen molar-refractivity contribution < 1.29 is 23.1 Å². The van der Waals surface area contributed by atoms with E-state index in [-0.39, 0.29) is 12.3 Å². The molecular weight excluding hydrogens is 222 g/mol. The van der Waals surface area contributed by atoms with E-state index >= 15 is 0 Å². The zero-order valence-corrected chi connectivity index (χ0v) is 9.58. The molecule has 1 saturated heterocycles. The SMILES string of the molecule is COC(=O)C(C)(O)CN1CCCS1(=O)=O. The number of ether oxygens (including phenoxy) is 1. The fourth-order valence-electron chi connectivity index (χ4n) is 1.50. The van der Waals surface area contributed by atoms with Gasteiger partial charge in [-0.05, 0) is 13.3 Å². The van der Waals surface area contributed by atoms with Gasteiger partial charge < -0.3 is 9.84 Å². The van der Waals surface area contributed by atoms with Gasteiger partial charge in [-0.2, -0.15) is 4.31 Å². The number of methoxy groups -OCH3 is 1. The van der Waals surface area contributed by atoms with Crippen LogP contribution in [0.3, 0.4) is 0 Å². The van der Waals surface area contributed by atoms with Crippen molar-refractivity contribution >= 4 is 16.0 Å². The minimum atomic E-state index is -3.30. The molecule has 1 aliphatic heterocycles. The van der Waals surface area contributed by atoms with E-state index in [4.69, 9.17) is 0 Å². The maximum atomic E-state index is 11.4. The smallest absolute Gasteiger partial charge is 0.338 e. The van der Waals surface area contributed by atoms with Gasteiger partial charge in [0.2, 0.25) is 10.0 Å². The topological polar surface area (TPSA) is 83.9 Å². The van der Waals surface area contributed by atoms with E-state index in [1.54, 1.807) is 0 Å². The highest BCUT2D eigenvalue weighted by Gasteiger charge is 2.39. The van der Waals surface area contributed by atoms with Crippen LogP contribution in [0.1, 0.15) is 13.3 Å². The Labute approximate surface area is 88.9 Å². The normalized spacial score (nSPS) is 24.7. The number of esters is 1. The number of rotatable bonds is 3. The van der Waals surface area contributed by atoms with Crippen LogP contribution in [0.2, 0.25) is 0 Å². The second kappa shape index (κ2) is 4.07. The second-order valence-electron chi connectivity index (χ2n) is 3.77. The molecule has 0 amide bonds. The summed E-state index contributed by atoms with van der Waals surface area (Å²) in [6.45, 7) is 1.34. The van der Waals surface area contributed by atoms with Crippen molar-refractivity contribution in [1.82, 2.24) is 4.31 Å². The molecule has 0 aromatic heterocycles. The molecule has 1 heterocycles. The molecular formula is C8H15NO5S. The van der Waals surface area contributed by atoms with E-state index in [1.165, 1.54) is 6.92 Å². The van der Waals surface area contributed by atoms with Gasteiger partial charge in [-0.25, -0.2) is 13.2 Å². The fraction of sp³-hybridized carbons (Fsp3) is 0.875. The predicted octanol–water partition coefficient (Wildman–Crippen LogP) is -1.05. The van der Waals surface area contributed by atoms with E-state index in [9.17, 15) is 18.3 Å². The summed E-state index contributed by atoms with van der Waals surface area (Å²) in [6.07, 6.45) is 0.527. The molecule has 0 radical (unpaired) electrons. The van der Waals surface area contributed by atoms with Crippen molar-refractivity contribution in [3.8, 4) is 0 Å². The molecule has 15 heavy (non-hydrogen) atoms. The highest BCUT2D eigenvalue weighted by molar-refractivity contribution is 7.89. The summed E-state index contributed by atoms with van der Waals surface area (Å²) in [5, 5.41) is 9.69. The second-order valence-corrected chi connectivity index (χ2v) is 5.86. The molecule has 0 spiro atoms. The molecule has 0 bridgehead atoms. The van der Waals surface area contributed by atoms with Crippen molar-refractivity contribution in [2.24, 2.45) is 0 Å². The molecule has 1 rings (SSSR count). The Bertz CT molecular complexity index is 348. The Kier molecular flexibility index (Phi) is 3.37. The summed E-state index contributed by atoms with van der Waals surface area (Å²) in [5.41, 5.74) is -1.79. The largest absolute Gasteiger partial charge is 0.467 e. The zero-order valence-electron chi connectivity index (χ0n) is 8.76. The number of hydrogen-bond acceptors (Lipinski definition) is 5. The maximum absolute atomic E-state index is 11.4. The van der Waals surface area contributed by atoms with Crippen LogP contribution in [0, 0.1) is 0 Å². The van der Waals surface area contributed by atoms with E-state index in [1.807, 2.05) is 0 Å². The van der Waals surface area contributed by atoms with Gasteiger partial charge in [0.1, 0.15) is 0 Å². The van der Waals surface area contributed by atoms with Crippen LogP contribution >= 0.6 is 0 Å². The Balaban J connectivity index is 2.74. The number of nitrogens with zero attached hydrogens (tertiary/aromatic N) is 1. The van der Waals surface area contributed by atoms with Gasteiger partial charge in [0.15, 0.2) is 5.60 Å². The summed E-state index contributed by atoms with van der Waals surface area (Å²) in [5.74, 6) is -0.755. The Morgan fingerprint density at radius 1 is 1.60 bits per heavy atom. The van der Waals surface area contributed by atoms with Crippen LogP contribution in [-0.4, -0.2) is 55.4 Å². The molecule has 0 aromatic carbocycles. The first-order chi connectivity index (χ1) is 6.79. The van der Waals surface area contributed by atoms with Crippen LogP contribution < -0.4 is 0 Å². The van der Waals surface area contributed by atoms with Crippen LogP contribution in [-0.2, 0) is 19.6 Å². The third-order valence-electron chi connectivity index (χ3n) is 2.31. The first-order valence-corrected chi connectivity index (χ1v) is 6.19. The van der Waals surface area contributed by atoms with Gasteiger partial charge in [-0.1, -0.05) is 0 Å².